The van der Waals surface area contributed by atoms with Crippen LogP contribution in [0.15, 0.2) is 48.3 Å². The monoisotopic (exact) mass is 270 g/mol. The predicted octanol–water partition coefficient (Wildman–Crippen LogP) is 2.13. The lowest BCUT2D eigenvalue weighted by Gasteiger charge is -2.43. The number of carbonyl (C=O) groups excluding carboxylic acids is 1. The lowest BCUT2D eigenvalue weighted by molar-refractivity contribution is -0.0466. The largest absolute Gasteiger partial charge is 0.334 e. The van der Waals surface area contributed by atoms with Crippen molar-refractivity contribution in [1.29, 1.82) is 0 Å². The molecule has 0 aliphatic carbocycles. The Kier molecular flexibility index (Phi) is 3.35. The zero-order valence-corrected chi connectivity index (χ0v) is 11.5. The molecular weight excluding hydrogens is 252 g/mol. The van der Waals surface area contributed by atoms with Gasteiger partial charge in [0.15, 0.2) is 6.23 Å². The second-order valence-electron chi connectivity index (χ2n) is 5.43. The molecule has 20 heavy (non-hydrogen) atoms. The third-order valence-electron chi connectivity index (χ3n) is 4.22. The Morgan fingerprint density at radius 2 is 2.20 bits per heavy atom. The maximum atomic E-state index is 11.6. The zero-order chi connectivity index (χ0) is 14.0. The minimum atomic E-state index is -0.305. The highest BCUT2D eigenvalue weighted by molar-refractivity contribution is 5.59. The van der Waals surface area contributed by atoms with E-state index in [-0.39, 0.29) is 11.6 Å². The van der Waals surface area contributed by atoms with Crippen molar-refractivity contribution in [2.75, 3.05) is 6.54 Å². The summed E-state index contributed by atoms with van der Waals surface area (Å²) in [7, 11) is 0. The molecule has 0 bridgehead atoms. The fourth-order valence-electron chi connectivity index (χ4n) is 3.10. The van der Waals surface area contributed by atoms with Crippen molar-refractivity contribution in [3.05, 3.63) is 53.9 Å². The Balaban J connectivity index is 1.99. The Morgan fingerprint density at radius 3 is 2.85 bits per heavy atom. The molecule has 0 saturated carbocycles. The first kappa shape index (κ1) is 13.0. The lowest BCUT2D eigenvalue weighted by atomic mass is 9.73. The molecule has 2 heterocycles. The number of hydrogen-bond donors (Lipinski definition) is 1. The van der Waals surface area contributed by atoms with Gasteiger partial charge in [0.1, 0.15) is 11.6 Å². The molecule has 2 atom stereocenters. The molecule has 1 aromatic carbocycles. The van der Waals surface area contributed by atoms with E-state index in [1.165, 1.54) is 0 Å². The van der Waals surface area contributed by atoms with Gasteiger partial charge in [-0.25, -0.2) is 9.63 Å². The second kappa shape index (κ2) is 5.16. The van der Waals surface area contributed by atoms with Crippen LogP contribution in [0.4, 0.5) is 0 Å². The summed E-state index contributed by atoms with van der Waals surface area (Å²) in [5.41, 5.74) is 4.24. The van der Waals surface area contributed by atoms with Gasteiger partial charge in [0, 0.05) is 18.2 Å². The van der Waals surface area contributed by atoms with Crippen molar-refractivity contribution in [2.45, 2.75) is 31.4 Å². The highest BCUT2D eigenvalue weighted by atomic mass is 16.7. The summed E-state index contributed by atoms with van der Waals surface area (Å²) in [5, 5.41) is 0. The van der Waals surface area contributed by atoms with Crippen LogP contribution >= 0.6 is 0 Å². The van der Waals surface area contributed by atoms with Gasteiger partial charge in [0.2, 0.25) is 0 Å². The highest BCUT2D eigenvalue weighted by Gasteiger charge is 2.41. The maximum absolute atomic E-state index is 11.6. The van der Waals surface area contributed by atoms with E-state index in [1.54, 1.807) is 6.20 Å². The van der Waals surface area contributed by atoms with Crippen LogP contribution in [0.1, 0.15) is 25.3 Å². The van der Waals surface area contributed by atoms with Crippen molar-refractivity contribution >= 4 is 5.94 Å². The van der Waals surface area contributed by atoms with Gasteiger partial charge < -0.3 is 4.90 Å². The van der Waals surface area contributed by atoms with Crippen molar-refractivity contribution < 1.29 is 9.63 Å². The number of piperidine rings is 1. The maximum Gasteiger partial charge on any atom is 0.178 e. The minimum absolute atomic E-state index is 0.227. The van der Waals surface area contributed by atoms with Crippen LogP contribution in [0.2, 0.25) is 0 Å². The van der Waals surface area contributed by atoms with Gasteiger partial charge in [0.25, 0.3) is 0 Å². The Hall–Kier alpha value is -2.03. The number of nitrogens with zero attached hydrogens (tertiary/aromatic N) is 1. The molecule has 4 heteroatoms. The van der Waals surface area contributed by atoms with Gasteiger partial charge >= 0.3 is 0 Å². The minimum Gasteiger partial charge on any atom is -0.334 e. The first-order valence-corrected chi connectivity index (χ1v) is 6.91. The average molecular weight is 270 g/mol. The molecule has 0 radical (unpaired) electrons. The fraction of sp³-hybridized carbons (Fsp3) is 0.375. The van der Waals surface area contributed by atoms with Crippen LogP contribution in [0.3, 0.4) is 0 Å². The SMILES string of the molecule is CC1(c2ccccc2)CCCN(C2C=CNO2)C1=C=O. The van der Waals surface area contributed by atoms with E-state index in [1.807, 2.05) is 29.2 Å². The van der Waals surface area contributed by atoms with Crippen molar-refractivity contribution in [3.8, 4) is 0 Å². The van der Waals surface area contributed by atoms with Gasteiger partial charge in [0.05, 0.1) is 0 Å². The first-order valence-electron chi connectivity index (χ1n) is 6.91. The second-order valence-corrected chi connectivity index (χ2v) is 5.43. The van der Waals surface area contributed by atoms with Crippen LogP contribution < -0.4 is 5.48 Å². The number of nitrogens with one attached hydrogen (secondary N) is 1. The van der Waals surface area contributed by atoms with E-state index in [9.17, 15) is 4.79 Å². The molecule has 0 spiro atoms. The summed E-state index contributed by atoms with van der Waals surface area (Å²) in [5.74, 6) is 2.17. The molecule has 0 aromatic heterocycles. The van der Waals surface area contributed by atoms with Crippen molar-refractivity contribution in [2.24, 2.45) is 0 Å². The zero-order valence-electron chi connectivity index (χ0n) is 11.5. The highest BCUT2D eigenvalue weighted by Crippen LogP contribution is 2.41. The molecule has 4 nitrogen and oxygen atoms in total. The molecule has 2 aliphatic heterocycles. The van der Waals surface area contributed by atoms with E-state index in [0.29, 0.717) is 5.70 Å². The molecule has 2 aliphatic rings. The third-order valence-corrected chi connectivity index (χ3v) is 4.22. The number of rotatable bonds is 2. The number of allylic oxidation sites excluding steroid dienone is 1. The van der Waals surface area contributed by atoms with Crippen molar-refractivity contribution in [3.63, 3.8) is 0 Å². The predicted molar refractivity (Wildman–Crippen MR) is 76.1 cm³/mol. The van der Waals surface area contributed by atoms with Gasteiger partial charge in [-0.05, 0) is 31.4 Å². The quantitative estimate of drug-likeness (QED) is 0.836. The van der Waals surface area contributed by atoms with E-state index in [4.69, 9.17) is 4.84 Å². The van der Waals surface area contributed by atoms with Gasteiger partial charge in [-0.3, -0.25) is 5.48 Å². The van der Waals surface area contributed by atoms with E-state index in [0.717, 1.165) is 24.9 Å². The molecule has 1 aromatic rings. The van der Waals surface area contributed by atoms with Crippen molar-refractivity contribution in [1.82, 2.24) is 10.4 Å². The third kappa shape index (κ3) is 2.03. The lowest BCUT2D eigenvalue weighted by Crippen LogP contribution is -2.47. The standard InChI is InChI=1S/C16H18N2O2/c1-16(13-6-3-2-4-7-13)9-5-11-18(14(16)12-19)15-8-10-17-20-15/h2-4,6-8,10,15,17H,5,9,11H2,1H3. The molecule has 1 fully saturated rings. The summed E-state index contributed by atoms with van der Waals surface area (Å²) in [6.45, 7) is 2.92. The Morgan fingerprint density at radius 1 is 1.40 bits per heavy atom. The van der Waals surface area contributed by atoms with Crippen LogP contribution in [0.5, 0.6) is 0 Å². The molecule has 0 amide bonds. The molecule has 3 rings (SSSR count). The molecular formula is C16H18N2O2. The van der Waals surface area contributed by atoms with E-state index < -0.39 is 0 Å². The summed E-state index contributed by atoms with van der Waals surface area (Å²) in [6, 6.07) is 10.2. The average Bonchev–Trinajstić information content (AvgIpc) is 3.02. The Labute approximate surface area is 118 Å². The topological polar surface area (TPSA) is 41.6 Å². The summed E-state index contributed by atoms with van der Waals surface area (Å²) in [4.78, 5) is 19.0. The van der Waals surface area contributed by atoms with Crippen LogP contribution in [-0.4, -0.2) is 23.6 Å². The number of hydroxylamine groups is 1. The Bertz CT molecular complexity index is 563. The first-order chi connectivity index (χ1) is 9.75. The molecule has 1 saturated heterocycles. The van der Waals surface area contributed by atoms with Gasteiger partial charge in [-0.1, -0.05) is 30.3 Å². The van der Waals surface area contributed by atoms with E-state index >= 15 is 0 Å². The normalized spacial score (nSPS) is 29.1. The van der Waals surface area contributed by atoms with Gasteiger partial charge in [-0.15, -0.1) is 0 Å². The van der Waals surface area contributed by atoms with Crippen LogP contribution in [0, 0.1) is 0 Å². The number of benzene rings is 1. The summed E-state index contributed by atoms with van der Waals surface area (Å²) in [6.07, 6.45) is 5.40. The number of likely N-dealkylation sites (tertiary alicyclic amines) is 1. The molecule has 104 valence electrons. The van der Waals surface area contributed by atoms with Crippen LogP contribution in [-0.2, 0) is 15.0 Å². The summed E-state index contributed by atoms with van der Waals surface area (Å²) >= 11 is 0. The van der Waals surface area contributed by atoms with Gasteiger partial charge in [-0.2, -0.15) is 0 Å². The van der Waals surface area contributed by atoms with E-state index in [2.05, 4.69) is 30.5 Å². The smallest absolute Gasteiger partial charge is 0.178 e. The molecule has 1 N–H and O–H groups in total. The summed E-state index contributed by atoms with van der Waals surface area (Å²) < 4.78 is 0. The number of hydrogen-bond acceptors (Lipinski definition) is 4. The fourth-order valence-corrected chi connectivity index (χ4v) is 3.10. The van der Waals surface area contributed by atoms with Crippen LogP contribution in [0.25, 0.3) is 0 Å². The molecule has 2 unspecified atom stereocenters.